The molecule has 0 aliphatic carbocycles. The minimum absolute atomic E-state index is 0.00411. The molecule has 8 nitrogen and oxygen atoms in total. The molecule has 0 amide bonds. The third-order valence-electron chi connectivity index (χ3n) is 5.36. The first-order valence-electron chi connectivity index (χ1n) is 9.23. The van der Waals surface area contributed by atoms with Crippen molar-refractivity contribution in [2.24, 2.45) is 7.05 Å². The van der Waals surface area contributed by atoms with Crippen molar-refractivity contribution >= 4 is 16.9 Å². The highest BCUT2D eigenvalue weighted by molar-refractivity contribution is 5.94. The van der Waals surface area contributed by atoms with Crippen LogP contribution in [0.15, 0.2) is 58.1 Å². The zero-order chi connectivity index (χ0) is 21.0. The number of hydrogen-bond acceptors (Lipinski definition) is 7. The van der Waals surface area contributed by atoms with E-state index >= 15 is 0 Å². The predicted molar refractivity (Wildman–Crippen MR) is 107 cm³/mol. The molecule has 0 saturated carbocycles. The van der Waals surface area contributed by atoms with Crippen molar-refractivity contribution in [1.29, 1.82) is 0 Å². The smallest absolute Gasteiger partial charge is 0.312 e. The van der Waals surface area contributed by atoms with Gasteiger partial charge in [0.15, 0.2) is 0 Å². The number of carbonyl (C=O) groups excluding carboxylic acids is 1. The molecule has 2 N–H and O–H groups in total. The molecule has 0 unspecified atom stereocenters. The van der Waals surface area contributed by atoms with Crippen LogP contribution in [0.5, 0.6) is 17.2 Å². The van der Waals surface area contributed by atoms with E-state index in [-0.39, 0.29) is 40.2 Å². The molecule has 0 bridgehead atoms. The first-order chi connectivity index (χ1) is 14.4. The molecule has 5 rings (SSSR count). The number of nitrogens with zero attached hydrogens (tertiary/aromatic N) is 2. The normalized spacial score (nSPS) is 15.8. The molecular weight excluding hydrogens is 388 g/mol. The molecule has 0 fully saturated rings. The third kappa shape index (κ3) is 2.65. The molecule has 0 saturated heterocycles. The van der Waals surface area contributed by atoms with Gasteiger partial charge in [-0.1, -0.05) is 12.1 Å². The monoisotopic (exact) mass is 404 g/mol. The van der Waals surface area contributed by atoms with Crippen LogP contribution in [0.1, 0.15) is 23.6 Å². The van der Waals surface area contributed by atoms with E-state index in [1.165, 1.54) is 24.5 Å². The van der Waals surface area contributed by atoms with Crippen molar-refractivity contribution in [2.45, 2.75) is 12.3 Å². The van der Waals surface area contributed by atoms with Crippen LogP contribution in [0.3, 0.4) is 0 Å². The van der Waals surface area contributed by atoms with Crippen molar-refractivity contribution in [2.75, 3.05) is 0 Å². The summed E-state index contributed by atoms with van der Waals surface area (Å²) in [4.78, 5) is 25.4. The van der Waals surface area contributed by atoms with Gasteiger partial charge in [-0.05, 0) is 23.8 Å². The number of fused-ring (bicyclic) bond motifs is 3. The highest BCUT2D eigenvalue weighted by atomic mass is 16.5. The van der Waals surface area contributed by atoms with E-state index in [4.69, 9.17) is 9.15 Å². The predicted octanol–water partition coefficient (Wildman–Crippen LogP) is 3.05. The second kappa shape index (κ2) is 6.48. The Kier molecular flexibility index (Phi) is 3.89. The Morgan fingerprint density at radius 2 is 1.90 bits per heavy atom. The van der Waals surface area contributed by atoms with E-state index in [2.05, 4.69) is 5.10 Å². The van der Waals surface area contributed by atoms with Crippen LogP contribution in [0, 0.1) is 0 Å². The summed E-state index contributed by atoms with van der Waals surface area (Å²) in [5.74, 6) is -1.00. The fraction of sp³-hybridized carbons (Fsp3) is 0.136. The lowest BCUT2D eigenvalue weighted by Gasteiger charge is -2.25. The molecule has 150 valence electrons. The van der Waals surface area contributed by atoms with Crippen LogP contribution < -0.4 is 10.2 Å². The fourth-order valence-corrected chi connectivity index (χ4v) is 3.95. The molecule has 1 aliphatic heterocycles. The molecule has 30 heavy (non-hydrogen) atoms. The molecule has 1 atom stereocenters. The molecule has 2 aromatic carbocycles. The number of rotatable bonds is 2. The third-order valence-corrected chi connectivity index (χ3v) is 5.36. The molecular formula is C22H16N2O6. The summed E-state index contributed by atoms with van der Waals surface area (Å²) in [7, 11) is 1.76. The van der Waals surface area contributed by atoms with Crippen molar-refractivity contribution in [3.8, 4) is 28.4 Å². The van der Waals surface area contributed by atoms with Gasteiger partial charge in [0.25, 0.3) is 0 Å². The highest BCUT2D eigenvalue weighted by Crippen LogP contribution is 2.45. The van der Waals surface area contributed by atoms with Gasteiger partial charge in [-0.15, -0.1) is 0 Å². The minimum Gasteiger partial charge on any atom is -0.508 e. The Hall–Kier alpha value is -4.07. The van der Waals surface area contributed by atoms with E-state index in [0.29, 0.717) is 11.1 Å². The summed E-state index contributed by atoms with van der Waals surface area (Å²) in [6.07, 6.45) is 2.99. The Balaban J connectivity index is 1.80. The lowest BCUT2D eigenvalue weighted by atomic mass is 9.87. The molecule has 2 aromatic heterocycles. The molecule has 1 aliphatic rings. The summed E-state index contributed by atoms with van der Waals surface area (Å²) in [6.45, 7) is 0. The summed E-state index contributed by atoms with van der Waals surface area (Å²) in [5, 5.41) is 24.2. The van der Waals surface area contributed by atoms with Gasteiger partial charge in [0.1, 0.15) is 34.5 Å². The number of esters is 1. The van der Waals surface area contributed by atoms with Gasteiger partial charge in [-0.3, -0.25) is 14.3 Å². The summed E-state index contributed by atoms with van der Waals surface area (Å²) < 4.78 is 12.8. The number of carbonyl (C=O) groups is 1. The van der Waals surface area contributed by atoms with Crippen LogP contribution >= 0.6 is 0 Å². The van der Waals surface area contributed by atoms with Crippen molar-refractivity contribution in [3.63, 3.8) is 0 Å². The van der Waals surface area contributed by atoms with E-state index in [9.17, 15) is 19.8 Å². The number of phenols is 2. The second-order valence-corrected chi connectivity index (χ2v) is 7.15. The topological polar surface area (TPSA) is 115 Å². The van der Waals surface area contributed by atoms with Gasteiger partial charge in [-0.2, -0.15) is 5.10 Å². The van der Waals surface area contributed by atoms with E-state index in [0.717, 1.165) is 5.69 Å². The molecule has 8 heteroatoms. The maximum Gasteiger partial charge on any atom is 0.312 e. The number of aromatic hydroxyl groups is 2. The number of ether oxygens (including phenoxy) is 1. The van der Waals surface area contributed by atoms with E-state index in [1.54, 1.807) is 36.1 Å². The molecule has 3 heterocycles. The van der Waals surface area contributed by atoms with Gasteiger partial charge < -0.3 is 19.4 Å². The van der Waals surface area contributed by atoms with E-state index in [1.807, 2.05) is 0 Å². The lowest BCUT2D eigenvalue weighted by molar-refractivity contribution is -0.135. The van der Waals surface area contributed by atoms with Gasteiger partial charge in [-0.25, -0.2) is 0 Å². The van der Waals surface area contributed by atoms with Gasteiger partial charge in [0.05, 0.1) is 12.0 Å². The maximum atomic E-state index is 13.2. The number of aromatic nitrogens is 2. The van der Waals surface area contributed by atoms with Crippen molar-refractivity contribution in [1.82, 2.24) is 9.78 Å². The summed E-state index contributed by atoms with van der Waals surface area (Å²) in [6, 6.07) is 9.16. The Morgan fingerprint density at radius 3 is 2.60 bits per heavy atom. The van der Waals surface area contributed by atoms with Gasteiger partial charge in [0, 0.05) is 36.5 Å². The molecule has 0 radical (unpaired) electrons. The van der Waals surface area contributed by atoms with Crippen molar-refractivity contribution < 1.29 is 24.2 Å². The van der Waals surface area contributed by atoms with E-state index < -0.39 is 17.3 Å². The minimum atomic E-state index is -0.449. The zero-order valence-electron chi connectivity index (χ0n) is 15.8. The first-order valence-corrected chi connectivity index (χ1v) is 9.23. The second-order valence-electron chi connectivity index (χ2n) is 7.15. The Bertz CT molecular complexity index is 1370. The van der Waals surface area contributed by atoms with Gasteiger partial charge >= 0.3 is 5.97 Å². The maximum absolute atomic E-state index is 13.2. The Labute approximate surface area is 169 Å². The number of benzene rings is 2. The number of phenolic OH excluding ortho intramolecular Hbond substituents is 2. The highest BCUT2D eigenvalue weighted by Gasteiger charge is 2.35. The Morgan fingerprint density at radius 1 is 1.13 bits per heavy atom. The molecule has 0 spiro atoms. The zero-order valence-corrected chi connectivity index (χ0v) is 15.8. The van der Waals surface area contributed by atoms with Crippen LogP contribution in [-0.2, 0) is 11.8 Å². The van der Waals surface area contributed by atoms with Crippen LogP contribution in [0.2, 0.25) is 0 Å². The number of hydrogen-bond donors (Lipinski definition) is 2. The SMILES string of the molecule is Cn1nccc1[C@H]1CC(=O)Oc2cc(O)c3c(=O)c(-c4ccc(O)cc4)coc3c21. The largest absolute Gasteiger partial charge is 0.508 e. The average molecular weight is 404 g/mol. The standard InChI is InChI=1S/C22H16N2O6/c1-24-15(6-7-23-24)13-8-18(27)30-17-9-16(26)20-21(28)14(10-29-22(20)19(13)17)11-2-4-12(25)5-3-11/h2-7,9-10,13,25-26H,8H2,1H3/t13-/m1/s1. The van der Waals surface area contributed by atoms with Gasteiger partial charge in [0.2, 0.25) is 5.43 Å². The summed E-state index contributed by atoms with van der Waals surface area (Å²) in [5.41, 5.74) is 1.78. The van der Waals surface area contributed by atoms with Crippen LogP contribution in [0.25, 0.3) is 22.1 Å². The quantitative estimate of drug-likeness (QED) is 0.390. The fourth-order valence-electron chi connectivity index (χ4n) is 3.95. The molecule has 4 aromatic rings. The van der Waals surface area contributed by atoms with Crippen molar-refractivity contribution in [3.05, 3.63) is 70.3 Å². The van der Waals surface area contributed by atoms with Crippen LogP contribution in [0.4, 0.5) is 0 Å². The van der Waals surface area contributed by atoms with Crippen LogP contribution in [-0.4, -0.2) is 26.0 Å². The lowest BCUT2D eigenvalue weighted by Crippen LogP contribution is -2.23. The summed E-state index contributed by atoms with van der Waals surface area (Å²) >= 11 is 0. The average Bonchev–Trinajstić information content (AvgIpc) is 3.14. The number of aryl methyl sites for hydroxylation is 1. The first kappa shape index (κ1) is 18.0.